The average Bonchev–Trinajstić information content (AvgIpc) is 3.14. The third kappa shape index (κ3) is 4.61. The molecule has 0 saturated carbocycles. The van der Waals surface area contributed by atoms with Crippen LogP contribution < -0.4 is 10.2 Å². The largest absolute Gasteiger partial charge is 0.389 e. The lowest BCUT2D eigenvalue weighted by Crippen LogP contribution is -2.33. The van der Waals surface area contributed by atoms with Gasteiger partial charge in [-0.05, 0) is 43.2 Å². The number of aliphatic hydroxyl groups is 1. The second-order valence-corrected chi connectivity index (χ2v) is 8.42. The van der Waals surface area contributed by atoms with E-state index in [0.717, 1.165) is 28.3 Å². The van der Waals surface area contributed by atoms with Crippen molar-refractivity contribution < 1.29 is 5.11 Å². The second-order valence-electron chi connectivity index (χ2n) is 7.57. The summed E-state index contributed by atoms with van der Waals surface area (Å²) in [6.07, 6.45) is 4.41. The summed E-state index contributed by atoms with van der Waals surface area (Å²) < 4.78 is 0. The van der Waals surface area contributed by atoms with E-state index in [1.165, 1.54) is 0 Å². The van der Waals surface area contributed by atoms with Crippen molar-refractivity contribution in [2.45, 2.75) is 38.8 Å². The number of nitrogens with one attached hydrogen (secondary N) is 1. The van der Waals surface area contributed by atoms with Crippen LogP contribution in [-0.2, 0) is 12.8 Å². The Morgan fingerprint density at radius 1 is 1.03 bits per heavy atom. The smallest absolute Gasteiger partial charge is 0.148 e. The van der Waals surface area contributed by atoms with Gasteiger partial charge in [0.25, 0.3) is 0 Å². The van der Waals surface area contributed by atoms with Crippen molar-refractivity contribution in [1.29, 1.82) is 0 Å². The molecule has 1 saturated heterocycles. The molecule has 0 radical (unpaired) electrons. The van der Waals surface area contributed by atoms with Gasteiger partial charge in [0, 0.05) is 41.8 Å². The highest BCUT2D eigenvalue weighted by atomic mass is 35.5. The van der Waals surface area contributed by atoms with Crippen molar-refractivity contribution in [2.75, 3.05) is 23.3 Å². The summed E-state index contributed by atoms with van der Waals surface area (Å²) in [4.78, 5) is 16.0. The number of aromatic nitrogens is 3. The lowest BCUT2D eigenvalue weighted by atomic mass is 10.1. The molecule has 4 rings (SSSR count). The van der Waals surface area contributed by atoms with Crippen molar-refractivity contribution in [3.05, 3.63) is 64.2 Å². The van der Waals surface area contributed by atoms with E-state index in [2.05, 4.69) is 15.2 Å². The molecule has 6 nitrogen and oxygen atoms in total. The molecular weight excluding hydrogens is 433 g/mol. The zero-order valence-electron chi connectivity index (χ0n) is 17.5. The van der Waals surface area contributed by atoms with Gasteiger partial charge in [0.15, 0.2) is 0 Å². The summed E-state index contributed by atoms with van der Waals surface area (Å²) in [5.74, 6) is 0.716. The van der Waals surface area contributed by atoms with Crippen LogP contribution in [0.25, 0.3) is 11.3 Å². The van der Waals surface area contributed by atoms with E-state index >= 15 is 0 Å². The van der Waals surface area contributed by atoms with Crippen molar-refractivity contribution >= 4 is 34.7 Å². The minimum atomic E-state index is -0.518. The van der Waals surface area contributed by atoms with Gasteiger partial charge in [-0.2, -0.15) is 0 Å². The second kappa shape index (κ2) is 9.39. The van der Waals surface area contributed by atoms with E-state index in [0.29, 0.717) is 41.8 Å². The average molecular weight is 458 g/mol. The topological polar surface area (TPSA) is 74.2 Å². The number of β-amino-alcohol motifs (C(OH)–C–C–N with tert-alkyl or cyclic N) is 1. The van der Waals surface area contributed by atoms with Crippen molar-refractivity contribution in [3.8, 4) is 11.3 Å². The van der Waals surface area contributed by atoms with Gasteiger partial charge in [0.2, 0.25) is 0 Å². The van der Waals surface area contributed by atoms with Crippen LogP contribution in [0.15, 0.2) is 42.7 Å². The molecule has 3 aromatic rings. The summed E-state index contributed by atoms with van der Waals surface area (Å²) in [7, 11) is 0. The van der Waals surface area contributed by atoms with E-state index in [1.54, 1.807) is 18.5 Å². The van der Waals surface area contributed by atoms with Crippen molar-refractivity contribution in [1.82, 2.24) is 15.0 Å². The third-order valence-corrected chi connectivity index (χ3v) is 6.08. The van der Waals surface area contributed by atoms with Crippen LogP contribution in [0.3, 0.4) is 0 Å². The van der Waals surface area contributed by atoms with E-state index in [4.69, 9.17) is 33.2 Å². The van der Waals surface area contributed by atoms with Crippen LogP contribution in [0.2, 0.25) is 10.0 Å². The third-order valence-electron chi connectivity index (χ3n) is 5.54. The lowest BCUT2D eigenvalue weighted by Gasteiger charge is -2.21. The molecule has 1 aromatic carbocycles. The highest BCUT2D eigenvalue weighted by Gasteiger charge is 2.32. The van der Waals surface area contributed by atoms with Gasteiger partial charge >= 0.3 is 0 Å². The molecule has 2 atom stereocenters. The monoisotopic (exact) mass is 457 g/mol. The minimum absolute atomic E-state index is 0.151. The fraction of sp³-hybridized carbons (Fsp3) is 0.348. The molecule has 0 unspecified atom stereocenters. The number of aliphatic hydroxyl groups excluding tert-OH is 1. The van der Waals surface area contributed by atoms with Crippen LogP contribution in [0.4, 0.5) is 11.5 Å². The fourth-order valence-electron chi connectivity index (χ4n) is 3.88. The van der Waals surface area contributed by atoms with Gasteiger partial charge in [0.05, 0.1) is 34.3 Å². The van der Waals surface area contributed by atoms with Gasteiger partial charge in [0.1, 0.15) is 5.82 Å². The number of pyridine rings is 1. The van der Waals surface area contributed by atoms with E-state index in [1.807, 2.05) is 38.1 Å². The van der Waals surface area contributed by atoms with Crippen LogP contribution in [0, 0.1) is 0 Å². The Bertz CT molecular complexity index is 1060. The lowest BCUT2D eigenvalue weighted by molar-refractivity contribution is 0.186. The summed E-state index contributed by atoms with van der Waals surface area (Å²) >= 11 is 12.5. The predicted octanol–water partition coefficient (Wildman–Crippen LogP) is 4.63. The summed E-state index contributed by atoms with van der Waals surface area (Å²) in [5, 5.41) is 15.3. The van der Waals surface area contributed by atoms with Crippen LogP contribution in [-0.4, -0.2) is 45.3 Å². The van der Waals surface area contributed by atoms with Crippen molar-refractivity contribution in [3.63, 3.8) is 0 Å². The molecule has 0 bridgehead atoms. The van der Waals surface area contributed by atoms with Gasteiger partial charge in [-0.25, -0.2) is 9.97 Å². The maximum atomic E-state index is 10.7. The number of anilines is 2. The summed E-state index contributed by atoms with van der Waals surface area (Å²) in [5.41, 5.74) is 4.33. The normalized spacial score (nSPS) is 18.4. The van der Waals surface area contributed by atoms with Gasteiger partial charge < -0.3 is 15.3 Å². The maximum absolute atomic E-state index is 10.7. The highest BCUT2D eigenvalue weighted by Crippen LogP contribution is 2.33. The summed E-state index contributed by atoms with van der Waals surface area (Å²) in [6, 6.07) is 9.17. The molecule has 1 aliphatic rings. The number of rotatable bonds is 6. The zero-order chi connectivity index (χ0) is 22.0. The Morgan fingerprint density at radius 2 is 1.77 bits per heavy atom. The first kappa shape index (κ1) is 21.8. The van der Waals surface area contributed by atoms with Crippen LogP contribution in [0.1, 0.15) is 25.2 Å². The van der Waals surface area contributed by atoms with E-state index in [-0.39, 0.29) is 6.04 Å². The Kier molecular flexibility index (Phi) is 6.60. The molecule has 31 heavy (non-hydrogen) atoms. The first-order valence-electron chi connectivity index (χ1n) is 10.4. The quantitative estimate of drug-likeness (QED) is 0.561. The van der Waals surface area contributed by atoms with Crippen LogP contribution >= 0.6 is 23.2 Å². The Hall–Kier alpha value is -2.41. The number of benzene rings is 1. The molecule has 8 heteroatoms. The Balaban J connectivity index is 1.63. The number of aryl methyl sites for hydroxylation is 2. The SMILES string of the molecule is CCc1nc(-c2ccc(Cl)cc2Cl)c(CC)nc1N[C@@H]1CN(c2ccncc2)C[C@@H]1O. The number of hydrogen-bond acceptors (Lipinski definition) is 6. The van der Waals surface area contributed by atoms with Crippen LogP contribution in [0.5, 0.6) is 0 Å². The highest BCUT2D eigenvalue weighted by molar-refractivity contribution is 6.36. The molecular formula is C23H25Cl2N5O. The first-order chi connectivity index (χ1) is 15.0. The standard InChI is InChI=1S/C23H25Cl2N5O/c1-3-18-22(16-6-5-14(24)11-17(16)25)27-19(4-2)23(28-18)29-20-12-30(13-21(20)31)15-7-9-26-10-8-15/h5-11,20-21,31H,3-4,12-13H2,1-2H3,(H,28,29)/t20-,21+/m1/s1. The number of halogens is 2. The van der Waals surface area contributed by atoms with E-state index < -0.39 is 6.10 Å². The maximum Gasteiger partial charge on any atom is 0.148 e. The predicted molar refractivity (Wildman–Crippen MR) is 126 cm³/mol. The molecule has 0 amide bonds. The number of hydrogen-bond donors (Lipinski definition) is 2. The van der Waals surface area contributed by atoms with E-state index in [9.17, 15) is 5.11 Å². The summed E-state index contributed by atoms with van der Waals surface area (Å²) in [6.45, 7) is 5.31. The molecule has 1 aliphatic heterocycles. The van der Waals surface area contributed by atoms with Gasteiger partial charge in [-0.1, -0.05) is 37.0 Å². The molecule has 0 aliphatic carbocycles. The Labute approximate surface area is 192 Å². The molecule has 162 valence electrons. The molecule has 0 spiro atoms. The zero-order valence-corrected chi connectivity index (χ0v) is 19.0. The fourth-order valence-corrected chi connectivity index (χ4v) is 4.38. The molecule has 2 aromatic heterocycles. The minimum Gasteiger partial charge on any atom is -0.389 e. The van der Waals surface area contributed by atoms with Gasteiger partial charge in [-0.15, -0.1) is 0 Å². The van der Waals surface area contributed by atoms with Gasteiger partial charge in [-0.3, -0.25) is 4.98 Å². The molecule has 1 fully saturated rings. The number of nitrogens with zero attached hydrogens (tertiary/aromatic N) is 4. The Morgan fingerprint density at radius 3 is 2.45 bits per heavy atom. The molecule has 3 heterocycles. The van der Waals surface area contributed by atoms with Crippen molar-refractivity contribution in [2.24, 2.45) is 0 Å². The molecule has 2 N–H and O–H groups in total. The first-order valence-corrected chi connectivity index (χ1v) is 11.2.